The molecule has 0 saturated carbocycles. The number of nitrogens with zero attached hydrogens (tertiary/aromatic N) is 2. The summed E-state index contributed by atoms with van der Waals surface area (Å²) >= 11 is 6.02. The summed E-state index contributed by atoms with van der Waals surface area (Å²) in [6.45, 7) is 0. The number of carboxylic acids is 1. The van der Waals surface area contributed by atoms with Gasteiger partial charge in [-0.1, -0.05) is 23.7 Å². The first-order chi connectivity index (χ1) is 14.4. The van der Waals surface area contributed by atoms with E-state index in [0.29, 0.717) is 28.7 Å². The first-order valence-electron chi connectivity index (χ1n) is 9.52. The van der Waals surface area contributed by atoms with Crippen LogP contribution in [0.2, 0.25) is 5.02 Å². The van der Waals surface area contributed by atoms with Crippen LogP contribution in [-0.4, -0.2) is 41.9 Å². The van der Waals surface area contributed by atoms with Crippen molar-refractivity contribution in [1.29, 1.82) is 0 Å². The van der Waals surface area contributed by atoms with Crippen molar-refractivity contribution in [3.63, 3.8) is 0 Å². The molecule has 1 N–H and O–H groups in total. The number of carbonyl (C=O) groups is 2. The predicted molar refractivity (Wildman–Crippen MR) is 113 cm³/mol. The molecule has 1 aliphatic rings. The molecule has 1 amide bonds. The summed E-state index contributed by atoms with van der Waals surface area (Å²) in [7, 11) is 3.16. The average molecular weight is 431 g/mol. The van der Waals surface area contributed by atoms with E-state index in [1.165, 1.54) is 5.01 Å². The molecule has 2 aromatic rings. The Balaban J connectivity index is 1.94. The van der Waals surface area contributed by atoms with Crippen molar-refractivity contribution in [2.45, 2.75) is 31.7 Å². The molecule has 2 aromatic carbocycles. The maximum Gasteiger partial charge on any atom is 0.303 e. The van der Waals surface area contributed by atoms with Crippen molar-refractivity contribution >= 4 is 29.2 Å². The summed E-state index contributed by atoms with van der Waals surface area (Å²) in [5.41, 5.74) is 2.33. The number of halogens is 1. The molecule has 0 bridgehead atoms. The minimum absolute atomic E-state index is 0.0640. The number of ether oxygens (including phenoxy) is 2. The number of carbonyl (C=O) groups excluding carboxylic acids is 1. The van der Waals surface area contributed by atoms with E-state index in [1.54, 1.807) is 38.5 Å². The summed E-state index contributed by atoms with van der Waals surface area (Å²) in [6.07, 6.45) is 0.773. The normalized spacial score (nSPS) is 15.6. The quantitative estimate of drug-likeness (QED) is 0.674. The summed E-state index contributed by atoms with van der Waals surface area (Å²) in [5.74, 6) is 0.129. The molecular formula is C22H23ClN2O5. The van der Waals surface area contributed by atoms with E-state index in [9.17, 15) is 9.59 Å². The molecule has 1 atom stereocenters. The van der Waals surface area contributed by atoms with E-state index in [4.69, 9.17) is 26.2 Å². The van der Waals surface area contributed by atoms with Crippen molar-refractivity contribution in [3.05, 3.63) is 58.6 Å². The van der Waals surface area contributed by atoms with Crippen LogP contribution in [0, 0.1) is 0 Å². The third-order valence-electron chi connectivity index (χ3n) is 4.92. The van der Waals surface area contributed by atoms with Gasteiger partial charge in [-0.2, -0.15) is 5.10 Å². The summed E-state index contributed by atoms with van der Waals surface area (Å²) in [6, 6.07) is 12.4. The molecule has 0 saturated heterocycles. The van der Waals surface area contributed by atoms with Crippen LogP contribution in [0.4, 0.5) is 0 Å². The van der Waals surface area contributed by atoms with Crippen molar-refractivity contribution in [2.75, 3.05) is 14.2 Å². The van der Waals surface area contributed by atoms with Crippen LogP contribution in [0.3, 0.4) is 0 Å². The van der Waals surface area contributed by atoms with E-state index in [-0.39, 0.29) is 31.2 Å². The lowest BCUT2D eigenvalue weighted by atomic mass is 9.97. The molecule has 0 fully saturated rings. The Hall–Kier alpha value is -3.06. The number of carboxylic acid groups (broad SMARTS) is 1. The first kappa shape index (κ1) is 21.6. The third-order valence-corrected chi connectivity index (χ3v) is 5.17. The highest BCUT2D eigenvalue weighted by molar-refractivity contribution is 6.30. The topological polar surface area (TPSA) is 88.4 Å². The first-order valence-corrected chi connectivity index (χ1v) is 9.90. The van der Waals surface area contributed by atoms with Gasteiger partial charge in [0.25, 0.3) is 0 Å². The molecule has 30 heavy (non-hydrogen) atoms. The van der Waals surface area contributed by atoms with Crippen molar-refractivity contribution in [2.24, 2.45) is 5.10 Å². The molecule has 1 heterocycles. The van der Waals surface area contributed by atoms with Gasteiger partial charge >= 0.3 is 5.97 Å². The average Bonchev–Trinajstić information content (AvgIpc) is 3.19. The van der Waals surface area contributed by atoms with E-state index >= 15 is 0 Å². The van der Waals surface area contributed by atoms with E-state index in [1.807, 2.05) is 18.2 Å². The van der Waals surface area contributed by atoms with E-state index in [2.05, 4.69) is 5.10 Å². The Bertz CT molecular complexity index is 959. The van der Waals surface area contributed by atoms with Crippen molar-refractivity contribution < 1.29 is 24.2 Å². The van der Waals surface area contributed by atoms with Crippen molar-refractivity contribution in [1.82, 2.24) is 5.01 Å². The second-order valence-electron chi connectivity index (χ2n) is 6.87. The van der Waals surface area contributed by atoms with Gasteiger partial charge in [-0.15, -0.1) is 0 Å². The van der Waals surface area contributed by atoms with E-state index in [0.717, 1.165) is 11.1 Å². The number of amides is 1. The number of benzene rings is 2. The van der Waals surface area contributed by atoms with Crippen LogP contribution in [0.5, 0.6) is 11.5 Å². The number of rotatable bonds is 8. The fourth-order valence-electron chi connectivity index (χ4n) is 3.39. The minimum Gasteiger partial charge on any atom is -0.497 e. The Labute approximate surface area is 179 Å². The van der Waals surface area contributed by atoms with Crippen LogP contribution >= 0.6 is 11.6 Å². The summed E-state index contributed by atoms with van der Waals surface area (Å²) < 4.78 is 10.8. The molecule has 158 valence electrons. The summed E-state index contributed by atoms with van der Waals surface area (Å²) in [4.78, 5) is 23.7. The smallest absolute Gasteiger partial charge is 0.303 e. The molecule has 7 nitrogen and oxygen atoms in total. The maximum atomic E-state index is 12.9. The van der Waals surface area contributed by atoms with Gasteiger partial charge in [-0.05, 0) is 42.3 Å². The van der Waals surface area contributed by atoms with Crippen molar-refractivity contribution in [3.8, 4) is 11.5 Å². The van der Waals surface area contributed by atoms with Crippen LogP contribution in [0.15, 0.2) is 47.6 Å². The highest BCUT2D eigenvalue weighted by Gasteiger charge is 2.34. The Morgan fingerprint density at radius 3 is 2.50 bits per heavy atom. The number of hydrogen-bond acceptors (Lipinski definition) is 5. The highest BCUT2D eigenvalue weighted by Crippen LogP contribution is 2.37. The summed E-state index contributed by atoms with van der Waals surface area (Å²) in [5, 5.41) is 15.5. The molecule has 0 aliphatic carbocycles. The number of hydrazone groups is 1. The van der Waals surface area contributed by atoms with Gasteiger partial charge in [0, 0.05) is 29.8 Å². The van der Waals surface area contributed by atoms with Crippen LogP contribution in [-0.2, 0) is 9.59 Å². The largest absolute Gasteiger partial charge is 0.497 e. The van der Waals surface area contributed by atoms with Gasteiger partial charge in [-0.3, -0.25) is 9.59 Å². The zero-order valence-electron chi connectivity index (χ0n) is 16.8. The van der Waals surface area contributed by atoms with Gasteiger partial charge in [0.15, 0.2) is 0 Å². The second-order valence-corrected chi connectivity index (χ2v) is 7.31. The molecular weight excluding hydrogens is 408 g/mol. The third kappa shape index (κ3) is 4.91. The van der Waals surface area contributed by atoms with Crippen LogP contribution in [0.1, 0.15) is 42.9 Å². The van der Waals surface area contributed by atoms with Gasteiger partial charge in [0.2, 0.25) is 5.91 Å². The monoisotopic (exact) mass is 430 g/mol. The molecule has 3 rings (SSSR count). The predicted octanol–water partition coefficient (Wildman–Crippen LogP) is 4.29. The number of methoxy groups -OCH3 is 2. The van der Waals surface area contributed by atoms with E-state index < -0.39 is 5.97 Å². The van der Waals surface area contributed by atoms with Gasteiger partial charge in [0.1, 0.15) is 11.5 Å². The zero-order chi connectivity index (χ0) is 21.7. The zero-order valence-corrected chi connectivity index (χ0v) is 17.6. The highest BCUT2D eigenvalue weighted by atomic mass is 35.5. The Morgan fingerprint density at radius 2 is 1.87 bits per heavy atom. The fraction of sp³-hybridized carbons (Fsp3) is 0.318. The Kier molecular flexibility index (Phi) is 6.95. The molecule has 0 unspecified atom stereocenters. The van der Waals surface area contributed by atoms with Gasteiger partial charge in [0.05, 0.1) is 26.0 Å². The molecule has 0 spiro atoms. The number of hydrogen-bond donors (Lipinski definition) is 1. The lowest BCUT2D eigenvalue weighted by molar-refractivity contribution is -0.137. The van der Waals surface area contributed by atoms with Gasteiger partial charge < -0.3 is 14.6 Å². The Morgan fingerprint density at radius 1 is 1.13 bits per heavy atom. The SMILES string of the molecule is COc1ccc(OC)c(C2=NN(C(=O)CCCC(=O)O)[C@@H](c3ccc(Cl)cc3)C2)c1. The fourth-order valence-corrected chi connectivity index (χ4v) is 3.52. The van der Waals surface area contributed by atoms with Gasteiger partial charge in [-0.25, -0.2) is 5.01 Å². The molecule has 0 radical (unpaired) electrons. The lowest BCUT2D eigenvalue weighted by Crippen LogP contribution is -2.27. The standard InChI is InChI=1S/C22H23ClN2O5/c1-29-16-10-11-20(30-2)17(12-16)18-13-19(14-6-8-15(23)9-7-14)25(24-18)21(26)4-3-5-22(27)28/h6-12,19H,3-5,13H2,1-2H3,(H,27,28)/t19-/m1/s1. The molecule has 8 heteroatoms. The van der Waals surface area contributed by atoms with Crippen LogP contribution in [0.25, 0.3) is 0 Å². The molecule has 0 aromatic heterocycles. The number of aliphatic carboxylic acids is 1. The lowest BCUT2D eigenvalue weighted by Gasteiger charge is -2.22. The van der Waals surface area contributed by atoms with Crippen LogP contribution < -0.4 is 9.47 Å². The second kappa shape index (κ2) is 9.63. The maximum absolute atomic E-state index is 12.9. The molecule has 1 aliphatic heterocycles. The minimum atomic E-state index is -0.927.